The first-order chi connectivity index (χ1) is 13.6. The standard InChI is InChI=1S/C20H17N7O/c1-25(12-15-9-17(10-21)26(2)24-15)20(28)14-8-18-19(22-11-14)27(13-23-18)16-6-4-3-5-7-16/h3-9,11,13H,12H2,1-2H3. The Morgan fingerprint density at radius 1 is 1.21 bits per heavy atom. The van der Waals surface area contributed by atoms with Gasteiger partial charge in [-0.25, -0.2) is 9.97 Å². The fourth-order valence-electron chi connectivity index (χ4n) is 3.04. The van der Waals surface area contributed by atoms with Crippen molar-refractivity contribution in [1.82, 2.24) is 29.2 Å². The molecule has 0 radical (unpaired) electrons. The quantitative estimate of drug-likeness (QED) is 0.549. The van der Waals surface area contributed by atoms with Crippen molar-refractivity contribution >= 4 is 17.1 Å². The number of fused-ring (bicyclic) bond motifs is 1. The number of aryl methyl sites for hydroxylation is 1. The summed E-state index contributed by atoms with van der Waals surface area (Å²) < 4.78 is 3.38. The summed E-state index contributed by atoms with van der Waals surface area (Å²) >= 11 is 0. The van der Waals surface area contributed by atoms with E-state index in [2.05, 4.69) is 21.1 Å². The molecule has 0 fully saturated rings. The van der Waals surface area contributed by atoms with Crippen molar-refractivity contribution in [3.63, 3.8) is 0 Å². The van der Waals surface area contributed by atoms with Crippen LogP contribution in [0.15, 0.2) is 55.0 Å². The van der Waals surface area contributed by atoms with E-state index in [0.717, 1.165) is 5.69 Å². The van der Waals surface area contributed by atoms with Crippen LogP contribution in [-0.4, -0.2) is 42.2 Å². The number of carbonyl (C=O) groups excluding carboxylic acids is 1. The van der Waals surface area contributed by atoms with E-state index in [9.17, 15) is 4.79 Å². The number of pyridine rings is 1. The van der Waals surface area contributed by atoms with Crippen molar-refractivity contribution < 1.29 is 4.79 Å². The smallest absolute Gasteiger partial charge is 0.255 e. The van der Waals surface area contributed by atoms with Crippen LogP contribution < -0.4 is 0 Å². The Morgan fingerprint density at radius 3 is 2.71 bits per heavy atom. The Labute approximate surface area is 161 Å². The highest BCUT2D eigenvalue weighted by atomic mass is 16.2. The minimum atomic E-state index is -0.187. The molecule has 3 aromatic heterocycles. The highest BCUT2D eigenvalue weighted by Gasteiger charge is 2.17. The van der Waals surface area contributed by atoms with Gasteiger partial charge in [0.1, 0.15) is 23.6 Å². The number of para-hydroxylation sites is 1. The van der Waals surface area contributed by atoms with Gasteiger partial charge in [-0.05, 0) is 24.3 Å². The zero-order chi connectivity index (χ0) is 19.7. The molecule has 0 spiro atoms. The number of hydrogen-bond acceptors (Lipinski definition) is 5. The second-order valence-corrected chi connectivity index (χ2v) is 6.43. The number of carbonyl (C=O) groups is 1. The monoisotopic (exact) mass is 371 g/mol. The highest BCUT2D eigenvalue weighted by molar-refractivity contribution is 5.96. The largest absolute Gasteiger partial charge is 0.336 e. The van der Waals surface area contributed by atoms with Gasteiger partial charge >= 0.3 is 0 Å². The Hall–Kier alpha value is -3.99. The van der Waals surface area contributed by atoms with Gasteiger partial charge in [-0.15, -0.1) is 0 Å². The van der Waals surface area contributed by atoms with Crippen LogP contribution in [0.4, 0.5) is 0 Å². The number of imidazole rings is 1. The molecule has 28 heavy (non-hydrogen) atoms. The molecule has 8 heteroatoms. The first-order valence-electron chi connectivity index (χ1n) is 8.64. The highest BCUT2D eigenvalue weighted by Crippen LogP contribution is 2.18. The molecule has 0 N–H and O–H groups in total. The van der Waals surface area contributed by atoms with E-state index >= 15 is 0 Å². The molecule has 0 aliphatic heterocycles. The maximum atomic E-state index is 12.8. The topological polar surface area (TPSA) is 92.6 Å². The summed E-state index contributed by atoms with van der Waals surface area (Å²) in [5, 5.41) is 13.3. The first kappa shape index (κ1) is 17.4. The van der Waals surface area contributed by atoms with Crippen LogP contribution in [0.1, 0.15) is 21.7 Å². The summed E-state index contributed by atoms with van der Waals surface area (Å²) in [5.41, 5.74) is 3.84. The fraction of sp³-hybridized carbons (Fsp3) is 0.150. The van der Waals surface area contributed by atoms with Gasteiger partial charge in [-0.2, -0.15) is 10.4 Å². The third-order valence-electron chi connectivity index (χ3n) is 4.46. The van der Waals surface area contributed by atoms with Crippen molar-refractivity contribution in [1.29, 1.82) is 5.26 Å². The number of rotatable bonds is 4. The molecule has 8 nitrogen and oxygen atoms in total. The molecule has 1 aromatic carbocycles. The van der Waals surface area contributed by atoms with Gasteiger partial charge in [0.2, 0.25) is 0 Å². The summed E-state index contributed by atoms with van der Waals surface area (Å²) in [6, 6.07) is 15.3. The van der Waals surface area contributed by atoms with Crippen molar-refractivity contribution in [3.05, 3.63) is 71.9 Å². The van der Waals surface area contributed by atoms with E-state index in [1.165, 1.54) is 4.68 Å². The van der Waals surface area contributed by atoms with Gasteiger partial charge in [0.25, 0.3) is 5.91 Å². The third kappa shape index (κ3) is 3.10. The lowest BCUT2D eigenvalue weighted by molar-refractivity contribution is 0.0783. The Bertz CT molecular complexity index is 1200. The zero-order valence-electron chi connectivity index (χ0n) is 15.4. The molecule has 0 saturated carbocycles. The maximum Gasteiger partial charge on any atom is 0.255 e. The number of nitrogens with zero attached hydrogens (tertiary/aromatic N) is 7. The van der Waals surface area contributed by atoms with Crippen molar-refractivity contribution in [2.24, 2.45) is 7.05 Å². The molecule has 4 rings (SSSR count). The lowest BCUT2D eigenvalue weighted by Gasteiger charge is -2.15. The Kier molecular flexibility index (Phi) is 4.33. The van der Waals surface area contributed by atoms with Crippen LogP contribution in [0.3, 0.4) is 0 Å². The summed E-state index contributed by atoms with van der Waals surface area (Å²) in [6.07, 6.45) is 3.25. The minimum absolute atomic E-state index is 0.187. The lowest BCUT2D eigenvalue weighted by Crippen LogP contribution is -2.26. The predicted molar refractivity (Wildman–Crippen MR) is 103 cm³/mol. The molecule has 0 saturated heterocycles. The molecule has 1 amide bonds. The molecule has 0 atom stereocenters. The summed E-state index contributed by atoms with van der Waals surface area (Å²) in [6.45, 7) is 0.296. The van der Waals surface area contributed by atoms with Crippen molar-refractivity contribution in [2.75, 3.05) is 7.05 Å². The van der Waals surface area contributed by atoms with E-state index in [0.29, 0.717) is 34.7 Å². The van der Waals surface area contributed by atoms with Crippen LogP contribution in [-0.2, 0) is 13.6 Å². The number of nitriles is 1. The van der Waals surface area contributed by atoms with Gasteiger partial charge in [0, 0.05) is 26.0 Å². The van der Waals surface area contributed by atoms with Gasteiger partial charge in [-0.1, -0.05) is 18.2 Å². The zero-order valence-corrected chi connectivity index (χ0v) is 15.4. The van der Waals surface area contributed by atoms with E-state index in [1.54, 1.807) is 43.7 Å². The molecular formula is C20H17N7O. The van der Waals surface area contributed by atoms with Crippen LogP contribution in [0, 0.1) is 11.3 Å². The third-order valence-corrected chi connectivity index (χ3v) is 4.46. The fourth-order valence-corrected chi connectivity index (χ4v) is 3.04. The Morgan fingerprint density at radius 2 is 2.00 bits per heavy atom. The molecule has 0 aliphatic carbocycles. The number of aromatic nitrogens is 5. The number of hydrogen-bond donors (Lipinski definition) is 0. The van der Waals surface area contributed by atoms with Crippen molar-refractivity contribution in [2.45, 2.75) is 6.54 Å². The summed E-state index contributed by atoms with van der Waals surface area (Å²) in [5.74, 6) is -0.187. The van der Waals surface area contributed by atoms with Crippen LogP contribution in [0.25, 0.3) is 16.9 Å². The van der Waals surface area contributed by atoms with Crippen LogP contribution in [0.5, 0.6) is 0 Å². The first-order valence-corrected chi connectivity index (χ1v) is 8.64. The molecule has 0 bridgehead atoms. The van der Waals surface area contributed by atoms with Crippen molar-refractivity contribution in [3.8, 4) is 11.8 Å². The summed E-state index contributed by atoms with van der Waals surface area (Å²) in [4.78, 5) is 23.2. The number of amides is 1. The second-order valence-electron chi connectivity index (χ2n) is 6.43. The van der Waals surface area contributed by atoms with Crippen LogP contribution in [0.2, 0.25) is 0 Å². The normalized spacial score (nSPS) is 10.8. The average Bonchev–Trinajstić information content (AvgIpc) is 3.30. The molecule has 0 unspecified atom stereocenters. The molecule has 138 valence electrons. The second kappa shape index (κ2) is 6.96. The van der Waals surface area contributed by atoms with Gasteiger partial charge in [0.15, 0.2) is 5.65 Å². The van der Waals surface area contributed by atoms with E-state index < -0.39 is 0 Å². The van der Waals surface area contributed by atoms with E-state index in [4.69, 9.17) is 5.26 Å². The molecule has 3 heterocycles. The average molecular weight is 371 g/mol. The molecular weight excluding hydrogens is 354 g/mol. The van der Waals surface area contributed by atoms with Crippen LogP contribution >= 0.6 is 0 Å². The maximum absolute atomic E-state index is 12.8. The predicted octanol–water partition coefficient (Wildman–Crippen LogP) is 2.30. The van der Waals surface area contributed by atoms with Gasteiger partial charge in [-0.3, -0.25) is 14.0 Å². The van der Waals surface area contributed by atoms with Gasteiger partial charge < -0.3 is 4.90 Å². The molecule has 4 aromatic rings. The van der Waals surface area contributed by atoms with E-state index in [1.807, 2.05) is 34.9 Å². The lowest BCUT2D eigenvalue weighted by atomic mass is 10.2. The summed E-state index contributed by atoms with van der Waals surface area (Å²) in [7, 11) is 3.39. The number of benzene rings is 1. The Balaban J connectivity index is 1.58. The SMILES string of the molecule is CN(Cc1cc(C#N)n(C)n1)C(=O)c1cnc2c(c1)ncn2-c1ccccc1. The van der Waals surface area contributed by atoms with E-state index in [-0.39, 0.29) is 5.91 Å². The van der Waals surface area contributed by atoms with Gasteiger partial charge in [0.05, 0.1) is 17.8 Å². The molecule has 0 aliphatic rings. The minimum Gasteiger partial charge on any atom is -0.336 e.